The predicted molar refractivity (Wildman–Crippen MR) is 181 cm³/mol. The summed E-state index contributed by atoms with van der Waals surface area (Å²) < 4.78 is 37.3. The molecule has 4 rings (SSSR count). The molecule has 3 aromatic rings. The van der Waals surface area contributed by atoms with Gasteiger partial charge in [0.1, 0.15) is 11.8 Å². The zero-order valence-corrected chi connectivity index (χ0v) is 27.5. The van der Waals surface area contributed by atoms with Crippen LogP contribution in [0.1, 0.15) is 47.7 Å². The lowest BCUT2D eigenvalue weighted by molar-refractivity contribution is -0.192. The number of para-hydroxylation sites is 1. The molecule has 0 bridgehead atoms. The number of likely N-dealkylation sites (tertiary alicyclic amines) is 1. The van der Waals surface area contributed by atoms with Gasteiger partial charge < -0.3 is 36.4 Å². The minimum Gasteiger partial charge on any atom is -0.494 e. The normalized spacial score (nSPS) is 13.6. The summed E-state index contributed by atoms with van der Waals surface area (Å²) in [6, 6.07) is 22.8. The van der Waals surface area contributed by atoms with Crippen molar-refractivity contribution < 1.29 is 42.2 Å². The molecule has 1 heterocycles. The number of carboxylic acids is 1. The van der Waals surface area contributed by atoms with Crippen molar-refractivity contribution in [3.8, 4) is 5.75 Å². The second-order valence-electron chi connectivity index (χ2n) is 11.3. The van der Waals surface area contributed by atoms with Crippen LogP contribution in [0.3, 0.4) is 0 Å². The van der Waals surface area contributed by atoms with Crippen LogP contribution in [-0.2, 0) is 27.2 Å². The highest BCUT2D eigenvalue weighted by Crippen LogP contribution is 2.20. The minimum atomic E-state index is -5.08. The second-order valence-corrected chi connectivity index (χ2v) is 11.3. The lowest BCUT2D eigenvalue weighted by Crippen LogP contribution is -2.48. The third-order valence-corrected chi connectivity index (χ3v) is 7.67. The predicted octanol–water partition coefficient (Wildman–Crippen LogP) is 4.11. The largest absolute Gasteiger partial charge is 0.494 e. The molecule has 1 atom stereocenters. The molecule has 0 radical (unpaired) electrons. The molecule has 12 nitrogen and oxygen atoms in total. The summed E-state index contributed by atoms with van der Waals surface area (Å²) in [5, 5.41) is 23.7. The Morgan fingerprint density at radius 2 is 1.58 bits per heavy atom. The minimum absolute atomic E-state index is 0.0506. The van der Waals surface area contributed by atoms with Gasteiger partial charge in [0.05, 0.1) is 6.61 Å². The van der Waals surface area contributed by atoms with E-state index in [1.54, 1.807) is 35.2 Å². The molecule has 3 aromatic carbocycles. The van der Waals surface area contributed by atoms with Gasteiger partial charge in [-0.1, -0.05) is 48.5 Å². The highest BCUT2D eigenvalue weighted by Gasteiger charge is 2.38. The van der Waals surface area contributed by atoms with E-state index in [0.717, 1.165) is 29.7 Å². The number of carbonyl (C=O) groups is 4. The molecule has 15 heteroatoms. The number of hydrogen-bond donors (Lipinski definition) is 6. The molecule has 50 heavy (non-hydrogen) atoms. The van der Waals surface area contributed by atoms with Crippen molar-refractivity contribution >= 4 is 35.3 Å². The van der Waals surface area contributed by atoms with Crippen molar-refractivity contribution in [2.75, 3.05) is 25.0 Å². The van der Waals surface area contributed by atoms with Gasteiger partial charge in [0, 0.05) is 43.2 Å². The summed E-state index contributed by atoms with van der Waals surface area (Å²) >= 11 is 0. The zero-order chi connectivity index (χ0) is 36.7. The van der Waals surface area contributed by atoms with E-state index in [2.05, 4.69) is 16.0 Å². The first-order valence-corrected chi connectivity index (χ1v) is 15.9. The Hall–Kier alpha value is -5.60. The third kappa shape index (κ3) is 12.8. The standard InChI is InChI=1S/C33H40N6O4.C2HF3O2/c1-2-43-27-15-12-23(13-16-27)22-29(38-31(41)25-9-4-3-5-10-25)32(42)37-28-11-7-6-8-24(28)14-17-30(40)36-26-18-20-39(21-19-26)33(34)35;3-2(4,5)1(6)7/h3-13,15-16,26,29H,2,14,17-22H2,1H3,(H3,34,35)(H,36,40)(H,37,42)(H,38,41);(H,6,7)/t29-;/m1./s1. The van der Waals surface area contributed by atoms with Crippen LogP contribution in [-0.4, -0.2) is 77.6 Å². The lowest BCUT2D eigenvalue weighted by atomic mass is 10.0. The molecule has 7 N–H and O–H groups in total. The summed E-state index contributed by atoms with van der Waals surface area (Å²) in [6.45, 7) is 3.76. The molecular formula is C35H41F3N6O6. The SMILES string of the molecule is CCOc1ccc(C[C@@H](NC(=O)c2ccccc2)C(=O)Nc2ccccc2CCC(=O)NC2CCN(C(=N)N)CC2)cc1.O=C(O)C(F)(F)F. The highest BCUT2D eigenvalue weighted by atomic mass is 19.4. The average Bonchev–Trinajstić information content (AvgIpc) is 3.09. The van der Waals surface area contributed by atoms with E-state index in [4.69, 9.17) is 25.8 Å². The number of carbonyl (C=O) groups excluding carboxylic acids is 3. The molecule has 0 unspecified atom stereocenters. The topological polar surface area (TPSA) is 187 Å². The smallest absolute Gasteiger partial charge is 0.490 e. The molecule has 1 aliphatic rings. The second kappa shape index (κ2) is 18.8. The highest BCUT2D eigenvalue weighted by molar-refractivity contribution is 6.01. The van der Waals surface area contributed by atoms with Crippen LogP contribution in [0, 0.1) is 5.41 Å². The number of alkyl halides is 3. The van der Waals surface area contributed by atoms with Crippen molar-refractivity contribution in [2.45, 2.75) is 57.3 Å². The van der Waals surface area contributed by atoms with Crippen molar-refractivity contribution in [3.05, 3.63) is 95.6 Å². The monoisotopic (exact) mass is 698 g/mol. The number of aryl methyl sites for hydroxylation is 1. The van der Waals surface area contributed by atoms with Gasteiger partial charge in [-0.05, 0) is 67.6 Å². The van der Waals surface area contributed by atoms with Gasteiger partial charge >= 0.3 is 12.1 Å². The first kappa shape index (κ1) is 38.8. The summed E-state index contributed by atoms with van der Waals surface area (Å²) in [4.78, 5) is 50.1. The number of nitrogens with two attached hydrogens (primary N) is 1. The maximum Gasteiger partial charge on any atom is 0.490 e. The first-order chi connectivity index (χ1) is 23.8. The number of amides is 3. The van der Waals surface area contributed by atoms with Gasteiger partial charge in [-0.15, -0.1) is 0 Å². The maximum atomic E-state index is 13.6. The fraction of sp³-hybridized carbons (Fsp3) is 0.343. The van der Waals surface area contributed by atoms with Crippen LogP contribution < -0.4 is 26.4 Å². The number of benzene rings is 3. The van der Waals surface area contributed by atoms with Crippen molar-refractivity contribution in [3.63, 3.8) is 0 Å². The number of aliphatic carboxylic acids is 1. The number of rotatable bonds is 12. The molecular weight excluding hydrogens is 657 g/mol. The van der Waals surface area contributed by atoms with E-state index in [-0.39, 0.29) is 42.6 Å². The van der Waals surface area contributed by atoms with Crippen molar-refractivity contribution in [2.24, 2.45) is 5.73 Å². The molecule has 0 aliphatic carbocycles. The molecule has 268 valence electrons. The number of carboxylic acid groups (broad SMARTS) is 1. The van der Waals surface area contributed by atoms with Gasteiger partial charge in [0.25, 0.3) is 5.91 Å². The third-order valence-electron chi connectivity index (χ3n) is 7.67. The Morgan fingerprint density at radius 3 is 2.16 bits per heavy atom. The molecule has 0 spiro atoms. The number of nitrogens with zero attached hydrogens (tertiary/aromatic N) is 1. The molecule has 3 amide bonds. The maximum absolute atomic E-state index is 13.6. The van der Waals surface area contributed by atoms with E-state index in [1.165, 1.54) is 0 Å². The zero-order valence-electron chi connectivity index (χ0n) is 27.5. The Morgan fingerprint density at radius 1 is 0.980 bits per heavy atom. The van der Waals surface area contributed by atoms with Crippen LogP contribution in [0.15, 0.2) is 78.9 Å². The fourth-order valence-electron chi connectivity index (χ4n) is 5.06. The number of halogens is 3. The van der Waals surface area contributed by atoms with Crippen molar-refractivity contribution in [1.82, 2.24) is 15.5 Å². The molecule has 0 saturated carbocycles. The van der Waals surface area contributed by atoms with Gasteiger partial charge in [0.15, 0.2) is 5.96 Å². The molecule has 0 aromatic heterocycles. The summed E-state index contributed by atoms with van der Waals surface area (Å²) in [5.41, 5.74) is 8.32. The number of piperidine rings is 1. The fourth-order valence-corrected chi connectivity index (χ4v) is 5.06. The number of anilines is 1. The summed E-state index contributed by atoms with van der Waals surface area (Å²) in [7, 11) is 0. The Kier molecular flexibility index (Phi) is 14.6. The molecule has 1 saturated heterocycles. The number of hydrogen-bond acceptors (Lipinski definition) is 6. The van der Waals surface area contributed by atoms with Crippen LogP contribution in [0.2, 0.25) is 0 Å². The summed E-state index contributed by atoms with van der Waals surface area (Å²) in [6.07, 6.45) is -2.62. The van der Waals surface area contributed by atoms with E-state index in [0.29, 0.717) is 37.4 Å². The Balaban J connectivity index is 0.000000872. The van der Waals surface area contributed by atoms with Crippen LogP contribution in [0.5, 0.6) is 5.75 Å². The first-order valence-electron chi connectivity index (χ1n) is 15.9. The van der Waals surface area contributed by atoms with E-state index < -0.39 is 18.2 Å². The number of nitrogens with one attached hydrogen (secondary N) is 4. The molecule has 1 aliphatic heterocycles. The molecule has 1 fully saturated rings. The van der Waals surface area contributed by atoms with Crippen molar-refractivity contribution in [1.29, 1.82) is 5.41 Å². The van der Waals surface area contributed by atoms with Crippen LogP contribution >= 0.6 is 0 Å². The Bertz CT molecular complexity index is 1600. The van der Waals surface area contributed by atoms with E-state index in [1.807, 2.05) is 55.5 Å². The average molecular weight is 699 g/mol. The van der Waals surface area contributed by atoms with Gasteiger partial charge in [-0.25, -0.2) is 4.79 Å². The van der Waals surface area contributed by atoms with E-state index in [9.17, 15) is 27.6 Å². The lowest BCUT2D eigenvalue weighted by Gasteiger charge is -2.32. The van der Waals surface area contributed by atoms with E-state index >= 15 is 0 Å². The number of ether oxygens (including phenoxy) is 1. The van der Waals surface area contributed by atoms with Crippen LogP contribution in [0.4, 0.5) is 18.9 Å². The Labute approximate surface area is 287 Å². The summed E-state index contributed by atoms with van der Waals surface area (Å²) in [5.74, 6) is -2.72. The van der Waals surface area contributed by atoms with Gasteiger partial charge in [0.2, 0.25) is 11.8 Å². The number of guanidine groups is 1. The quantitative estimate of drug-likeness (QED) is 0.121. The van der Waals surface area contributed by atoms with Gasteiger partial charge in [-0.2, -0.15) is 13.2 Å². The van der Waals surface area contributed by atoms with Crippen LogP contribution in [0.25, 0.3) is 0 Å². The van der Waals surface area contributed by atoms with Gasteiger partial charge in [-0.3, -0.25) is 19.8 Å².